The first-order valence-corrected chi connectivity index (χ1v) is 5.67. The molecule has 0 amide bonds. The zero-order valence-electron chi connectivity index (χ0n) is 9.55. The summed E-state index contributed by atoms with van der Waals surface area (Å²) in [7, 11) is 0. The Kier molecular flexibility index (Phi) is 2.67. The Morgan fingerprint density at radius 1 is 1.57 bits per heavy atom. The molecule has 2 aliphatic rings. The Labute approximate surface area is 86.9 Å². The standard InChI is InChI=1S/C12H21NO/c1-10(2)14-9-12-5-4-6-13(12)8-11(3)7-12/h7,10H,4-6,8-9H2,1-3H3. The minimum absolute atomic E-state index is 0.258. The summed E-state index contributed by atoms with van der Waals surface area (Å²) in [6, 6.07) is 0. The smallest absolute Gasteiger partial charge is 0.0690 e. The monoisotopic (exact) mass is 195 g/mol. The van der Waals surface area contributed by atoms with Crippen LogP contribution in [0.1, 0.15) is 33.6 Å². The normalized spacial score (nSPS) is 32.4. The Morgan fingerprint density at radius 3 is 3.07 bits per heavy atom. The lowest BCUT2D eigenvalue weighted by molar-refractivity contribution is 0.0165. The van der Waals surface area contributed by atoms with E-state index in [9.17, 15) is 0 Å². The fourth-order valence-corrected chi connectivity index (χ4v) is 2.68. The van der Waals surface area contributed by atoms with Gasteiger partial charge in [0, 0.05) is 6.54 Å². The van der Waals surface area contributed by atoms with Crippen LogP contribution in [0.4, 0.5) is 0 Å². The molecule has 0 N–H and O–H groups in total. The van der Waals surface area contributed by atoms with Crippen molar-refractivity contribution in [1.82, 2.24) is 4.90 Å². The van der Waals surface area contributed by atoms with Gasteiger partial charge in [-0.25, -0.2) is 0 Å². The molecule has 2 heteroatoms. The molecule has 1 fully saturated rings. The van der Waals surface area contributed by atoms with Gasteiger partial charge < -0.3 is 4.74 Å². The lowest BCUT2D eigenvalue weighted by atomic mass is 9.98. The van der Waals surface area contributed by atoms with E-state index >= 15 is 0 Å². The summed E-state index contributed by atoms with van der Waals surface area (Å²) < 4.78 is 5.79. The Hall–Kier alpha value is -0.340. The van der Waals surface area contributed by atoms with E-state index in [4.69, 9.17) is 4.74 Å². The van der Waals surface area contributed by atoms with Gasteiger partial charge in [0.05, 0.1) is 18.2 Å². The van der Waals surface area contributed by atoms with E-state index in [1.807, 2.05) is 0 Å². The maximum Gasteiger partial charge on any atom is 0.0690 e. The van der Waals surface area contributed by atoms with Gasteiger partial charge in [-0.1, -0.05) is 11.6 Å². The van der Waals surface area contributed by atoms with Gasteiger partial charge in [-0.15, -0.1) is 0 Å². The van der Waals surface area contributed by atoms with Crippen molar-refractivity contribution in [1.29, 1.82) is 0 Å². The molecule has 14 heavy (non-hydrogen) atoms. The zero-order chi connectivity index (χ0) is 10.2. The lowest BCUT2D eigenvalue weighted by Crippen LogP contribution is -2.43. The quantitative estimate of drug-likeness (QED) is 0.640. The summed E-state index contributed by atoms with van der Waals surface area (Å²) >= 11 is 0. The summed E-state index contributed by atoms with van der Waals surface area (Å²) in [6.45, 7) is 9.73. The van der Waals surface area contributed by atoms with Crippen molar-refractivity contribution in [3.05, 3.63) is 11.6 Å². The molecular weight excluding hydrogens is 174 g/mol. The second-order valence-electron chi connectivity index (χ2n) is 4.98. The molecule has 2 rings (SSSR count). The number of fused-ring (bicyclic) bond motifs is 1. The molecule has 1 saturated heterocycles. The SMILES string of the molecule is CC1=CC2(COC(C)C)CCCN2C1. The van der Waals surface area contributed by atoms with E-state index in [2.05, 4.69) is 31.7 Å². The summed E-state index contributed by atoms with van der Waals surface area (Å²) in [5, 5.41) is 0. The van der Waals surface area contributed by atoms with Crippen LogP contribution in [0.3, 0.4) is 0 Å². The van der Waals surface area contributed by atoms with Crippen LogP contribution in [0.15, 0.2) is 11.6 Å². The van der Waals surface area contributed by atoms with Crippen LogP contribution in [-0.2, 0) is 4.74 Å². The summed E-state index contributed by atoms with van der Waals surface area (Å²) in [6.07, 6.45) is 5.38. The maximum absolute atomic E-state index is 5.79. The molecule has 1 atom stereocenters. The summed E-state index contributed by atoms with van der Waals surface area (Å²) in [4.78, 5) is 2.57. The molecule has 2 nitrogen and oxygen atoms in total. The number of ether oxygens (including phenoxy) is 1. The predicted octanol–water partition coefficient (Wildman–Crippen LogP) is 2.21. The highest BCUT2D eigenvalue weighted by atomic mass is 16.5. The highest BCUT2D eigenvalue weighted by molar-refractivity contribution is 5.24. The van der Waals surface area contributed by atoms with Gasteiger partial charge in [-0.2, -0.15) is 0 Å². The molecular formula is C12H21NO. The number of nitrogens with zero attached hydrogens (tertiary/aromatic N) is 1. The van der Waals surface area contributed by atoms with Crippen molar-refractivity contribution in [2.24, 2.45) is 0 Å². The molecule has 80 valence electrons. The van der Waals surface area contributed by atoms with Crippen molar-refractivity contribution in [2.75, 3.05) is 19.7 Å². The van der Waals surface area contributed by atoms with Crippen LogP contribution in [0, 0.1) is 0 Å². The van der Waals surface area contributed by atoms with Gasteiger partial charge in [-0.05, 0) is 40.2 Å². The van der Waals surface area contributed by atoms with Gasteiger partial charge in [0.15, 0.2) is 0 Å². The van der Waals surface area contributed by atoms with Crippen LogP contribution in [0.2, 0.25) is 0 Å². The largest absolute Gasteiger partial charge is 0.377 e. The molecule has 0 radical (unpaired) electrons. The van der Waals surface area contributed by atoms with Gasteiger partial charge >= 0.3 is 0 Å². The van der Waals surface area contributed by atoms with Crippen molar-refractivity contribution < 1.29 is 4.74 Å². The average molecular weight is 195 g/mol. The van der Waals surface area contributed by atoms with Crippen molar-refractivity contribution in [3.63, 3.8) is 0 Å². The van der Waals surface area contributed by atoms with E-state index in [0.29, 0.717) is 6.10 Å². The Bertz CT molecular complexity index is 247. The fourth-order valence-electron chi connectivity index (χ4n) is 2.68. The molecule has 0 saturated carbocycles. The third-order valence-corrected chi connectivity index (χ3v) is 3.29. The first-order chi connectivity index (χ1) is 6.62. The van der Waals surface area contributed by atoms with Gasteiger partial charge in [-0.3, -0.25) is 4.90 Å². The highest BCUT2D eigenvalue weighted by Crippen LogP contribution is 2.37. The van der Waals surface area contributed by atoms with Crippen LogP contribution >= 0.6 is 0 Å². The molecule has 2 heterocycles. The minimum atomic E-state index is 0.258. The second-order valence-corrected chi connectivity index (χ2v) is 4.98. The van der Waals surface area contributed by atoms with Crippen LogP contribution in [0.5, 0.6) is 0 Å². The van der Waals surface area contributed by atoms with Crippen LogP contribution in [0.25, 0.3) is 0 Å². The van der Waals surface area contributed by atoms with E-state index in [-0.39, 0.29) is 5.54 Å². The molecule has 0 aromatic carbocycles. The minimum Gasteiger partial charge on any atom is -0.377 e. The Balaban J connectivity index is 2.04. The number of hydrogen-bond acceptors (Lipinski definition) is 2. The van der Waals surface area contributed by atoms with Gasteiger partial charge in [0.2, 0.25) is 0 Å². The third kappa shape index (κ3) is 1.73. The highest BCUT2D eigenvalue weighted by Gasteiger charge is 2.42. The molecule has 0 aromatic heterocycles. The second kappa shape index (κ2) is 3.67. The first-order valence-electron chi connectivity index (χ1n) is 5.67. The Morgan fingerprint density at radius 2 is 2.36 bits per heavy atom. The van der Waals surface area contributed by atoms with Crippen LogP contribution in [-0.4, -0.2) is 36.2 Å². The van der Waals surface area contributed by atoms with E-state index in [1.54, 1.807) is 0 Å². The summed E-state index contributed by atoms with van der Waals surface area (Å²) in [5.41, 5.74) is 1.77. The predicted molar refractivity (Wildman–Crippen MR) is 58.4 cm³/mol. The lowest BCUT2D eigenvalue weighted by Gasteiger charge is -2.31. The van der Waals surface area contributed by atoms with Gasteiger partial charge in [0.1, 0.15) is 0 Å². The number of hydrogen-bond donors (Lipinski definition) is 0. The van der Waals surface area contributed by atoms with Crippen molar-refractivity contribution >= 4 is 0 Å². The number of rotatable bonds is 3. The summed E-state index contributed by atoms with van der Waals surface area (Å²) in [5.74, 6) is 0. The van der Waals surface area contributed by atoms with Crippen molar-refractivity contribution in [2.45, 2.75) is 45.3 Å². The fraction of sp³-hybridized carbons (Fsp3) is 0.833. The van der Waals surface area contributed by atoms with E-state index in [1.165, 1.54) is 25.0 Å². The first kappa shape index (κ1) is 10.2. The van der Waals surface area contributed by atoms with E-state index in [0.717, 1.165) is 13.2 Å². The zero-order valence-corrected chi connectivity index (χ0v) is 9.55. The van der Waals surface area contributed by atoms with Crippen molar-refractivity contribution in [3.8, 4) is 0 Å². The van der Waals surface area contributed by atoms with Gasteiger partial charge in [0.25, 0.3) is 0 Å². The molecule has 1 unspecified atom stereocenters. The molecule has 0 aliphatic carbocycles. The topological polar surface area (TPSA) is 12.5 Å². The molecule has 2 aliphatic heterocycles. The molecule has 0 aromatic rings. The van der Waals surface area contributed by atoms with Crippen LogP contribution < -0.4 is 0 Å². The maximum atomic E-state index is 5.79. The molecule has 0 bridgehead atoms. The third-order valence-electron chi connectivity index (χ3n) is 3.29. The average Bonchev–Trinajstić information content (AvgIpc) is 2.56. The van der Waals surface area contributed by atoms with E-state index < -0.39 is 0 Å². The molecule has 0 spiro atoms.